The van der Waals surface area contributed by atoms with Gasteiger partial charge in [0, 0.05) is 18.3 Å². The third-order valence-electron chi connectivity index (χ3n) is 3.15. The first kappa shape index (κ1) is 15.0. The second-order valence-electron chi connectivity index (χ2n) is 5.46. The Bertz CT molecular complexity index is 330. The lowest BCUT2D eigenvalue weighted by Crippen LogP contribution is -2.32. The standard InChI is InChI=1S/C15H27N3/c1-13(2)18(11-5-10-17(3)4)12-14-6-8-15(16)9-7-14/h6-9,13H,5,10-12,16H2,1-4H3. The van der Waals surface area contributed by atoms with Gasteiger partial charge in [0.1, 0.15) is 0 Å². The van der Waals surface area contributed by atoms with Crippen LogP contribution in [0.1, 0.15) is 25.8 Å². The van der Waals surface area contributed by atoms with Gasteiger partial charge in [0.05, 0.1) is 0 Å². The number of nitrogen functional groups attached to an aromatic ring is 1. The molecule has 1 rings (SSSR count). The van der Waals surface area contributed by atoms with E-state index in [0.717, 1.165) is 25.3 Å². The van der Waals surface area contributed by atoms with Crippen molar-refractivity contribution < 1.29 is 0 Å². The number of nitrogens with two attached hydrogens (primary N) is 1. The van der Waals surface area contributed by atoms with E-state index < -0.39 is 0 Å². The SMILES string of the molecule is CC(C)N(CCCN(C)C)Cc1ccc(N)cc1. The summed E-state index contributed by atoms with van der Waals surface area (Å²) in [5.74, 6) is 0. The molecule has 1 aromatic carbocycles. The lowest BCUT2D eigenvalue weighted by atomic mass is 10.1. The van der Waals surface area contributed by atoms with E-state index in [1.54, 1.807) is 0 Å². The number of nitrogens with zero attached hydrogens (tertiary/aromatic N) is 2. The van der Waals surface area contributed by atoms with Gasteiger partial charge in [0.2, 0.25) is 0 Å². The predicted molar refractivity (Wildman–Crippen MR) is 79.6 cm³/mol. The van der Waals surface area contributed by atoms with E-state index >= 15 is 0 Å². The van der Waals surface area contributed by atoms with E-state index in [-0.39, 0.29) is 0 Å². The molecule has 0 aromatic heterocycles. The minimum absolute atomic E-state index is 0.574. The van der Waals surface area contributed by atoms with Gasteiger partial charge in [0.25, 0.3) is 0 Å². The van der Waals surface area contributed by atoms with Gasteiger partial charge in [0.15, 0.2) is 0 Å². The van der Waals surface area contributed by atoms with Crippen LogP contribution in [0.25, 0.3) is 0 Å². The molecule has 0 fully saturated rings. The monoisotopic (exact) mass is 249 g/mol. The molecule has 0 aliphatic rings. The fraction of sp³-hybridized carbons (Fsp3) is 0.600. The van der Waals surface area contributed by atoms with Crippen LogP contribution >= 0.6 is 0 Å². The highest BCUT2D eigenvalue weighted by molar-refractivity contribution is 5.39. The van der Waals surface area contributed by atoms with Gasteiger partial charge in [-0.15, -0.1) is 0 Å². The number of anilines is 1. The minimum Gasteiger partial charge on any atom is -0.399 e. The quantitative estimate of drug-likeness (QED) is 0.753. The van der Waals surface area contributed by atoms with Crippen LogP contribution in [0.3, 0.4) is 0 Å². The van der Waals surface area contributed by atoms with Crippen LogP contribution in [0.2, 0.25) is 0 Å². The highest BCUT2D eigenvalue weighted by atomic mass is 15.1. The number of hydrogen-bond acceptors (Lipinski definition) is 3. The first-order valence-corrected chi connectivity index (χ1v) is 6.72. The maximum atomic E-state index is 5.71. The zero-order valence-corrected chi connectivity index (χ0v) is 12.2. The molecular formula is C15H27N3. The summed E-state index contributed by atoms with van der Waals surface area (Å²) in [5, 5.41) is 0. The van der Waals surface area contributed by atoms with Crippen LogP contribution in [0.15, 0.2) is 24.3 Å². The molecule has 0 spiro atoms. The Labute approximate surface area is 112 Å². The lowest BCUT2D eigenvalue weighted by Gasteiger charge is -2.27. The molecule has 0 heterocycles. The summed E-state index contributed by atoms with van der Waals surface area (Å²) in [4.78, 5) is 4.75. The highest BCUT2D eigenvalue weighted by Gasteiger charge is 2.09. The molecule has 102 valence electrons. The summed E-state index contributed by atoms with van der Waals surface area (Å²) >= 11 is 0. The molecule has 18 heavy (non-hydrogen) atoms. The molecule has 3 nitrogen and oxygen atoms in total. The van der Waals surface area contributed by atoms with E-state index in [1.807, 2.05) is 12.1 Å². The van der Waals surface area contributed by atoms with Crippen molar-refractivity contribution in [3.63, 3.8) is 0 Å². The predicted octanol–water partition coefficient (Wildman–Crippen LogP) is 2.43. The molecule has 0 saturated heterocycles. The van der Waals surface area contributed by atoms with Gasteiger partial charge < -0.3 is 10.6 Å². The van der Waals surface area contributed by atoms with Crippen LogP contribution < -0.4 is 5.73 Å². The number of rotatable bonds is 7. The maximum Gasteiger partial charge on any atom is 0.0314 e. The van der Waals surface area contributed by atoms with Crippen molar-refractivity contribution in [1.29, 1.82) is 0 Å². The lowest BCUT2D eigenvalue weighted by molar-refractivity contribution is 0.201. The third kappa shape index (κ3) is 5.52. The van der Waals surface area contributed by atoms with E-state index in [0.29, 0.717) is 6.04 Å². The fourth-order valence-corrected chi connectivity index (χ4v) is 1.97. The van der Waals surface area contributed by atoms with Gasteiger partial charge in [-0.3, -0.25) is 4.90 Å². The summed E-state index contributed by atoms with van der Waals surface area (Å²) in [6, 6.07) is 8.78. The summed E-state index contributed by atoms with van der Waals surface area (Å²) in [7, 11) is 4.25. The molecule has 0 unspecified atom stereocenters. The van der Waals surface area contributed by atoms with Gasteiger partial charge in [-0.25, -0.2) is 0 Å². The van der Waals surface area contributed by atoms with E-state index in [9.17, 15) is 0 Å². The Hall–Kier alpha value is -1.06. The minimum atomic E-state index is 0.574. The molecular weight excluding hydrogens is 222 g/mol. The Morgan fingerprint density at radius 1 is 1.06 bits per heavy atom. The first-order chi connectivity index (χ1) is 8.49. The average Bonchev–Trinajstić information content (AvgIpc) is 2.30. The Morgan fingerprint density at radius 2 is 1.67 bits per heavy atom. The van der Waals surface area contributed by atoms with Crippen molar-refractivity contribution in [3.05, 3.63) is 29.8 Å². The largest absolute Gasteiger partial charge is 0.399 e. The topological polar surface area (TPSA) is 32.5 Å². The van der Waals surface area contributed by atoms with E-state index in [4.69, 9.17) is 5.73 Å². The first-order valence-electron chi connectivity index (χ1n) is 6.72. The van der Waals surface area contributed by atoms with Crippen LogP contribution in [-0.2, 0) is 6.54 Å². The van der Waals surface area contributed by atoms with Crippen molar-refractivity contribution >= 4 is 5.69 Å². The average molecular weight is 249 g/mol. The number of hydrogen-bond donors (Lipinski definition) is 1. The van der Waals surface area contributed by atoms with Crippen molar-refractivity contribution in [3.8, 4) is 0 Å². The van der Waals surface area contributed by atoms with Gasteiger partial charge in [-0.2, -0.15) is 0 Å². The van der Waals surface area contributed by atoms with Crippen LogP contribution in [-0.4, -0.2) is 43.0 Å². The third-order valence-corrected chi connectivity index (χ3v) is 3.15. The molecule has 2 N–H and O–H groups in total. The van der Waals surface area contributed by atoms with Gasteiger partial charge >= 0.3 is 0 Å². The second-order valence-corrected chi connectivity index (χ2v) is 5.46. The van der Waals surface area contributed by atoms with Crippen molar-refractivity contribution in [2.45, 2.75) is 32.9 Å². The summed E-state index contributed by atoms with van der Waals surface area (Å²) < 4.78 is 0. The van der Waals surface area contributed by atoms with Crippen molar-refractivity contribution in [2.24, 2.45) is 0 Å². The summed E-state index contributed by atoms with van der Waals surface area (Å²) in [6.45, 7) is 7.80. The van der Waals surface area contributed by atoms with E-state index in [1.165, 1.54) is 12.0 Å². The molecule has 0 aliphatic carbocycles. The summed E-state index contributed by atoms with van der Waals surface area (Å²) in [5.41, 5.74) is 7.88. The molecule has 0 aliphatic heterocycles. The maximum absolute atomic E-state index is 5.71. The number of benzene rings is 1. The van der Waals surface area contributed by atoms with Crippen LogP contribution in [0.4, 0.5) is 5.69 Å². The van der Waals surface area contributed by atoms with Gasteiger partial charge in [-0.05, 0) is 65.1 Å². The van der Waals surface area contributed by atoms with Gasteiger partial charge in [-0.1, -0.05) is 12.1 Å². The molecule has 0 saturated carbocycles. The molecule has 0 radical (unpaired) electrons. The molecule has 3 heteroatoms. The molecule has 1 aromatic rings. The highest BCUT2D eigenvalue weighted by Crippen LogP contribution is 2.11. The zero-order valence-electron chi connectivity index (χ0n) is 12.2. The normalized spacial score (nSPS) is 11.7. The fourth-order valence-electron chi connectivity index (χ4n) is 1.97. The van der Waals surface area contributed by atoms with Crippen molar-refractivity contribution in [2.75, 3.05) is 32.9 Å². The zero-order chi connectivity index (χ0) is 13.5. The molecule has 0 amide bonds. The smallest absolute Gasteiger partial charge is 0.0314 e. The van der Waals surface area contributed by atoms with Crippen LogP contribution in [0.5, 0.6) is 0 Å². The Kier molecular flexibility index (Phi) is 6.16. The molecule has 0 bridgehead atoms. The molecule has 0 atom stereocenters. The Balaban J connectivity index is 2.49. The van der Waals surface area contributed by atoms with Crippen molar-refractivity contribution in [1.82, 2.24) is 9.80 Å². The van der Waals surface area contributed by atoms with Crippen LogP contribution in [0, 0.1) is 0 Å². The van der Waals surface area contributed by atoms with E-state index in [2.05, 4.69) is 49.9 Å². The second kappa shape index (κ2) is 7.39. The Morgan fingerprint density at radius 3 is 2.17 bits per heavy atom. The summed E-state index contributed by atoms with van der Waals surface area (Å²) in [6.07, 6.45) is 1.21.